The Kier molecular flexibility index (Phi) is 4.37. The number of carbonyl (C=O) groups is 1. The molecular weight excluding hydrogens is 226 g/mol. The molecule has 0 radical (unpaired) electrons. The third-order valence-corrected chi connectivity index (χ3v) is 3.44. The number of benzene rings is 1. The smallest absolute Gasteiger partial charge is 0.226 e. The molecule has 0 saturated heterocycles. The van der Waals surface area contributed by atoms with Crippen molar-refractivity contribution in [2.45, 2.75) is 32.6 Å². The van der Waals surface area contributed by atoms with Gasteiger partial charge in [-0.2, -0.15) is 0 Å². The van der Waals surface area contributed by atoms with Crippen molar-refractivity contribution in [3.8, 4) is 0 Å². The molecule has 0 spiro atoms. The first kappa shape index (κ1) is 13.1. The molecule has 1 aromatic rings. The Morgan fingerprint density at radius 1 is 1.39 bits per heavy atom. The van der Waals surface area contributed by atoms with Crippen molar-refractivity contribution >= 4 is 11.6 Å². The zero-order chi connectivity index (χ0) is 13.0. The molecule has 1 heterocycles. The van der Waals surface area contributed by atoms with E-state index < -0.39 is 0 Å². The molecule has 0 fully saturated rings. The minimum atomic E-state index is 0.167. The van der Waals surface area contributed by atoms with E-state index in [1.165, 1.54) is 5.56 Å². The van der Waals surface area contributed by atoms with Crippen molar-refractivity contribution in [3.63, 3.8) is 0 Å². The van der Waals surface area contributed by atoms with Crippen molar-refractivity contribution < 1.29 is 9.90 Å². The number of unbranched alkanes of at least 4 members (excludes halogenated alkanes) is 1. The molecule has 0 bridgehead atoms. The fourth-order valence-electron chi connectivity index (χ4n) is 2.56. The van der Waals surface area contributed by atoms with Crippen LogP contribution < -0.4 is 4.90 Å². The number of hydrogen-bond donors (Lipinski definition) is 1. The third-order valence-electron chi connectivity index (χ3n) is 3.44. The van der Waals surface area contributed by atoms with Crippen LogP contribution in [0.2, 0.25) is 0 Å². The van der Waals surface area contributed by atoms with Crippen LogP contribution in [0, 0.1) is 5.92 Å². The first-order valence-electron chi connectivity index (χ1n) is 6.71. The summed E-state index contributed by atoms with van der Waals surface area (Å²) in [5.41, 5.74) is 2.34. The van der Waals surface area contributed by atoms with E-state index in [2.05, 4.69) is 13.0 Å². The number of fused-ring (bicyclic) bond motifs is 1. The van der Waals surface area contributed by atoms with E-state index in [1.807, 2.05) is 23.1 Å². The molecule has 1 N–H and O–H groups in total. The van der Waals surface area contributed by atoms with Crippen LogP contribution in [0.1, 0.15) is 31.7 Å². The van der Waals surface area contributed by atoms with Crippen molar-refractivity contribution in [1.82, 2.24) is 0 Å². The van der Waals surface area contributed by atoms with Gasteiger partial charge in [0.25, 0.3) is 0 Å². The summed E-state index contributed by atoms with van der Waals surface area (Å²) in [5, 5.41) is 8.76. The average molecular weight is 247 g/mol. The van der Waals surface area contributed by atoms with E-state index in [9.17, 15) is 4.79 Å². The summed E-state index contributed by atoms with van der Waals surface area (Å²) in [6.45, 7) is 3.17. The molecular formula is C15H21NO2. The molecule has 3 heteroatoms. The van der Waals surface area contributed by atoms with Crippen LogP contribution in [0.3, 0.4) is 0 Å². The topological polar surface area (TPSA) is 40.5 Å². The van der Waals surface area contributed by atoms with Crippen LogP contribution in [-0.4, -0.2) is 24.2 Å². The van der Waals surface area contributed by atoms with Crippen LogP contribution in [0.15, 0.2) is 24.3 Å². The SMILES string of the molecule is CC1Cc2ccccc2N(C(=O)CCCCO)C1. The van der Waals surface area contributed by atoms with Gasteiger partial charge in [0.1, 0.15) is 0 Å². The summed E-state index contributed by atoms with van der Waals surface area (Å²) < 4.78 is 0. The molecule has 1 aliphatic heterocycles. The number of nitrogens with zero attached hydrogens (tertiary/aromatic N) is 1. The van der Waals surface area contributed by atoms with Crippen molar-refractivity contribution in [1.29, 1.82) is 0 Å². The lowest BCUT2D eigenvalue weighted by molar-refractivity contribution is -0.119. The van der Waals surface area contributed by atoms with E-state index in [0.717, 1.165) is 25.1 Å². The Labute approximate surface area is 108 Å². The van der Waals surface area contributed by atoms with E-state index in [-0.39, 0.29) is 12.5 Å². The van der Waals surface area contributed by atoms with Gasteiger partial charge in [0.15, 0.2) is 0 Å². The molecule has 0 saturated carbocycles. The zero-order valence-electron chi connectivity index (χ0n) is 10.9. The molecule has 1 unspecified atom stereocenters. The number of para-hydroxylation sites is 1. The Morgan fingerprint density at radius 2 is 2.17 bits per heavy atom. The standard InChI is InChI=1S/C15H21NO2/c1-12-10-13-6-2-3-7-14(13)16(11-12)15(18)8-4-5-9-17/h2-3,6-7,12,17H,4-5,8-11H2,1H3. The number of amides is 1. The highest BCUT2D eigenvalue weighted by Crippen LogP contribution is 2.29. The van der Waals surface area contributed by atoms with Gasteiger partial charge in [-0.3, -0.25) is 4.79 Å². The lowest BCUT2D eigenvalue weighted by Crippen LogP contribution is -2.39. The minimum absolute atomic E-state index is 0.167. The third kappa shape index (κ3) is 2.91. The van der Waals surface area contributed by atoms with E-state index in [0.29, 0.717) is 18.8 Å². The summed E-state index contributed by atoms with van der Waals surface area (Å²) in [5.74, 6) is 0.698. The van der Waals surface area contributed by atoms with E-state index in [1.54, 1.807) is 0 Å². The van der Waals surface area contributed by atoms with Gasteiger partial charge in [-0.1, -0.05) is 25.1 Å². The highest BCUT2D eigenvalue weighted by molar-refractivity contribution is 5.94. The second-order valence-electron chi connectivity index (χ2n) is 5.12. The number of aliphatic hydroxyl groups excluding tert-OH is 1. The van der Waals surface area contributed by atoms with Gasteiger partial charge < -0.3 is 10.0 Å². The molecule has 98 valence electrons. The van der Waals surface area contributed by atoms with Gasteiger partial charge >= 0.3 is 0 Å². The molecule has 1 aromatic carbocycles. The lowest BCUT2D eigenvalue weighted by Gasteiger charge is -2.33. The van der Waals surface area contributed by atoms with Crippen LogP contribution in [-0.2, 0) is 11.2 Å². The summed E-state index contributed by atoms with van der Waals surface area (Å²) in [7, 11) is 0. The number of rotatable bonds is 4. The maximum atomic E-state index is 12.2. The van der Waals surface area contributed by atoms with Crippen molar-refractivity contribution in [2.24, 2.45) is 5.92 Å². The van der Waals surface area contributed by atoms with Gasteiger partial charge in [0.2, 0.25) is 5.91 Å². The Morgan fingerprint density at radius 3 is 2.94 bits per heavy atom. The first-order valence-corrected chi connectivity index (χ1v) is 6.71. The van der Waals surface area contributed by atoms with E-state index >= 15 is 0 Å². The van der Waals surface area contributed by atoms with Gasteiger partial charge in [0, 0.05) is 25.3 Å². The summed E-state index contributed by atoms with van der Waals surface area (Å²) in [6, 6.07) is 8.16. The summed E-state index contributed by atoms with van der Waals surface area (Å²) in [4.78, 5) is 14.1. The van der Waals surface area contributed by atoms with Gasteiger partial charge in [-0.15, -0.1) is 0 Å². The molecule has 2 rings (SSSR count). The highest BCUT2D eigenvalue weighted by atomic mass is 16.3. The first-order chi connectivity index (χ1) is 8.72. The second-order valence-corrected chi connectivity index (χ2v) is 5.12. The Bertz CT molecular complexity index is 417. The average Bonchev–Trinajstić information content (AvgIpc) is 2.38. The fraction of sp³-hybridized carbons (Fsp3) is 0.533. The molecule has 0 aliphatic carbocycles. The van der Waals surface area contributed by atoms with Gasteiger partial charge in [-0.25, -0.2) is 0 Å². The number of anilines is 1. The van der Waals surface area contributed by atoms with Crippen LogP contribution in [0.25, 0.3) is 0 Å². The molecule has 18 heavy (non-hydrogen) atoms. The van der Waals surface area contributed by atoms with Gasteiger partial charge in [0.05, 0.1) is 0 Å². The van der Waals surface area contributed by atoms with Crippen LogP contribution in [0.5, 0.6) is 0 Å². The van der Waals surface area contributed by atoms with Crippen molar-refractivity contribution in [3.05, 3.63) is 29.8 Å². The highest BCUT2D eigenvalue weighted by Gasteiger charge is 2.25. The van der Waals surface area contributed by atoms with E-state index in [4.69, 9.17) is 5.11 Å². The minimum Gasteiger partial charge on any atom is -0.396 e. The largest absolute Gasteiger partial charge is 0.396 e. The number of aliphatic hydroxyl groups is 1. The molecule has 1 amide bonds. The monoisotopic (exact) mass is 247 g/mol. The maximum absolute atomic E-state index is 12.2. The fourth-order valence-corrected chi connectivity index (χ4v) is 2.56. The number of hydrogen-bond acceptors (Lipinski definition) is 2. The quantitative estimate of drug-likeness (QED) is 0.830. The number of carbonyl (C=O) groups excluding carboxylic acids is 1. The van der Waals surface area contributed by atoms with Crippen molar-refractivity contribution in [2.75, 3.05) is 18.1 Å². The molecule has 1 atom stereocenters. The molecule has 3 nitrogen and oxygen atoms in total. The lowest BCUT2D eigenvalue weighted by atomic mass is 9.93. The van der Waals surface area contributed by atoms with Crippen LogP contribution >= 0.6 is 0 Å². The Hall–Kier alpha value is -1.35. The Balaban J connectivity index is 2.10. The summed E-state index contributed by atoms with van der Waals surface area (Å²) >= 11 is 0. The summed E-state index contributed by atoms with van der Waals surface area (Å²) in [6.07, 6.45) is 3.05. The molecule has 0 aromatic heterocycles. The second kappa shape index (κ2) is 6.01. The molecule has 1 aliphatic rings. The predicted molar refractivity (Wildman–Crippen MR) is 72.6 cm³/mol. The normalized spacial score (nSPS) is 18.6. The maximum Gasteiger partial charge on any atom is 0.226 e. The predicted octanol–water partition coefficient (Wildman–Crippen LogP) is 2.37. The van der Waals surface area contributed by atoms with Gasteiger partial charge in [-0.05, 0) is 36.8 Å². The zero-order valence-corrected chi connectivity index (χ0v) is 10.9. The van der Waals surface area contributed by atoms with Crippen LogP contribution in [0.4, 0.5) is 5.69 Å².